The maximum atomic E-state index is 13.8. The van der Waals surface area contributed by atoms with Crippen molar-refractivity contribution in [2.24, 2.45) is 0 Å². The van der Waals surface area contributed by atoms with Crippen LogP contribution in [0.4, 0.5) is 11.4 Å². The Morgan fingerprint density at radius 3 is 1.37 bits per heavy atom. The summed E-state index contributed by atoms with van der Waals surface area (Å²) in [5.74, 6) is 0.282. The van der Waals surface area contributed by atoms with E-state index in [1.807, 2.05) is 0 Å². The SMILES string of the molecule is CC(C(=O)N1CCCC1C(=O)Nc1ccc(-c2cnc(-c3ccc(NC(=O)[C@@H]4CCCN4C(=O)[C@H](C)n4c(O)c5c(c4O)C4CCC5C4)cc3)o2)cc1)n1c(O)c2c(c1O)C1CCC2C1. The van der Waals surface area contributed by atoms with Crippen molar-refractivity contribution in [2.75, 3.05) is 23.7 Å². The van der Waals surface area contributed by atoms with Crippen molar-refractivity contribution < 1.29 is 44.0 Å². The number of benzene rings is 2. The highest BCUT2D eigenvalue weighted by molar-refractivity contribution is 5.99. The van der Waals surface area contributed by atoms with Gasteiger partial charge < -0.3 is 45.3 Å². The Morgan fingerprint density at radius 1 is 0.585 bits per heavy atom. The third kappa shape index (κ3) is 6.49. The number of rotatable bonds is 10. The number of nitrogens with one attached hydrogen (secondary N) is 2. The molecular formula is C49H53N7O9. The molecule has 2 saturated heterocycles. The average molecular weight is 884 g/mol. The van der Waals surface area contributed by atoms with Gasteiger partial charge in [-0.15, -0.1) is 0 Å². The van der Waals surface area contributed by atoms with Crippen molar-refractivity contribution in [1.29, 1.82) is 0 Å². The number of hydrogen-bond acceptors (Lipinski definition) is 10. The first-order valence-corrected chi connectivity index (χ1v) is 23.1. The Kier molecular flexibility index (Phi) is 9.77. The molecule has 6 N–H and O–H groups in total. The van der Waals surface area contributed by atoms with Gasteiger partial charge in [-0.25, -0.2) is 4.98 Å². The number of amides is 4. The van der Waals surface area contributed by atoms with Crippen molar-refractivity contribution >= 4 is 35.0 Å². The number of aromatic hydroxyl groups is 4. The quantitative estimate of drug-likeness (QED) is 0.0810. The molecule has 338 valence electrons. The van der Waals surface area contributed by atoms with Crippen LogP contribution in [0.25, 0.3) is 22.8 Å². The van der Waals surface area contributed by atoms with Crippen molar-refractivity contribution in [2.45, 2.75) is 126 Å². The maximum absolute atomic E-state index is 13.8. The van der Waals surface area contributed by atoms with Crippen LogP contribution in [0.2, 0.25) is 0 Å². The highest BCUT2D eigenvalue weighted by atomic mass is 16.4. The number of nitrogens with zero attached hydrogens (tertiary/aromatic N) is 5. The molecule has 16 heteroatoms. The van der Waals surface area contributed by atoms with E-state index >= 15 is 0 Å². The summed E-state index contributed by atoms with van der Waals surface area (Å²) in [5, 5.41) is 50.3. The standard InChI is InChI=1S/C49H53N7O9/c1-24(55-46(61)37-28-7-8-29(21-28)38(37)47(55)62)44(59)53-19-3-5-34(53)41(57)51-32-15-11-26(12-16-32)36-23-50-43(65-36)27-13-17-33(18-14-27)52-42(58)35-6-4-20-54(35)45(60)25(2)56-48(63)39-30-9-10-31(22-30)40(39)49(56)64/h11-18,23-25,28-31,34-35,61-64H,3-10,19-22H2,1-2H3,(H,51,57)(H,52,58)/t24?,25-,28?,29?,30?,31?,34?,35-/m0/s1. The van der Waals surface area contributed by atoms with Gasteiger partial charge >= 0.3 is 0 Å². The first kappa shape index (κ1) is 41.0. The van der Waals surface area contributed by atoms with E-state index in [0.717, 1.165) is 66.3 Å². The van der Waals surface area contributed by atoms with Crippen LogP contribution in [0.5, 0.6) is 23.5 Å². The fourth-order valence-electron chi connectivity index (χ4n) is 12.3. The molecular weight excluding hydrogens is 831 g/mol. The summed E-state index contributed by atoms with van der Waals surface area (Å²) in [7, 11) is 0. The molecule has 11 rings (SSSR count). The first-order chi connectivity index (χ1) is 31.4. The number of fused-ring (bicyclic) bond motifs is 10. The minimum Gasteiger partial charge on any atom is -0.494 e. The van der Waals surface area contributed by atoms with Crippen LogP contribution < -0.4 is 10.6 Å². The minimum absolute atomic E-state index is 0.0360. The van der Waals surface area contributed by atoms with Crippen LogP contribution in [0, 0.1) is 0 Å². The molecule has 4 bridgehead atoms. The molecule has 16 nitrogen and oxygen atoms in total. The third-order valence-electron chi connectivity index (χ3n) is 15.5. The number of anilines is 2. The lowest BCUT2D eigenvalue weighted by atomic mass is 9.95. The lowest BCUT2D eigenvalue weighted by Gasteiger charge is -2.28. The third-order valence-corrected chi connectivity index (χ3v) is 15.5. The van der Waals surface area contributed by atoms with Gasteiger partial charge in [-0.05, 0) is 150 Å². The van der Waals surface area contributed by atoms with E-state index in [1.165, 1.54) is 9.13 Å². The molecule has 0 spiro atoms. The summed E-state index contributed by atoms with van der Waals surface area (Å²) in [5.41, 5.74) is 5.60. The second-order valence-electron chi connectivity index (χ2n) is 19.0. The molecule has 4 fully saturated rings. The van der Waals surface area contributed by atoms with Gasteiger partial charge in [0, 0.05) is 57.8 Å². The second kappa shape index (κ2) is 15.5. The van der Waals surface area contributed by atoms with Gasteiger partial charge in [0.15, 0.2) is 29.3 Å². The summed E-state index contributed by atoms with van der Waals surface area (Å²) in [6.45, 7) is 4.12. The van der Waals surface area contributed by atoms with Crippen molar-refractivity contribution in [3.63, 3.8) is 0 Å². The predicted molar refractivity (Wildman–Crippen MR) is 238 cm³/mol. The van der Waals surface area contributed by atoms with Crippen LogP contribution >= 0.6 is 0 Å². The number of oxazole rings is 1. The fourth-order valence-corrected chi connectivity index (χ4v) is 12.3. The normalized spacial score (nSPS) is 24.6. The van der Waals surface area contributed by atoms with Crippen LogP contribution in [-0.4, -0.2) is 93.1 Å². The van der Waals surface area contributed by atoms with Gasteiger partial charge in [-0.2, -0.15) is 0 Å². The monoisotopic (exact) mass is 883 g/mol. The van der Waals surface area contributed by atoms with Crippen LogP contribution in [-0.2, 0) is 19.2 Å². The van der Waals surface area contributed by atoms with Gasteiger partial charge in [0.2, 0.25) is 29.5 Å². The van der Waals surface area contributed by atoms with Gasteiger partial charge in [0.25, 0.3) is 0 Å². The highest BCUT2D eigenvalue weighted by Crippen LogP contribution is 2.61. The Hall–Kier alpha value is -6.71. The van der Waals surface area contributed by atoms with Crippen molar-refractivity contribution in [3.05, 3.63) is 77.0 Å². The van der Waals surface area contributed by atoms with E-state index in [4.69, 9.17) is 4.42 Å². The number of likely N-dealkylation sites (tertiary alicyclic amines) is 2. The zero-order chi connectivity index (χ0) is 45.0. The fraction of sp³-hybridized carbons (Fsp3) is 0.449. The Bertz CT molecular complexity index is 2500. The Labute approximate surface area is 374 Å². The largest absolute Gasteiger partial charge is 0.494 e. The van der Waals surface area contributed by atoms with E-state index in [2.05, 4.69) is 15.6 Å². The minimum atomic E-state index is -0.875. The van der Waals surface area contributed by atoms with Gasteiger partial charge in [0.05, 0.1) is 6.20 Å². The van der Waals surface area contributed by atoms with E-state index in [-0.39, 0.29) is 70.8 Å². The Morgan fingerprint density at radius 2 is 0.969 bits per heavy atom. The van der Waals surface area contributed by atoms with E-state index in [9.17, 15) is 39.6 Å². The van der Waals surface area contributed by atoms with E-state index in [1.54, 1.807) is 78.4 Å². The molecule has 6 aliphatic rings. The van der Waals surface area contributed by atoms with Crippen molar-refractivity contribution in [3.8, 4) is 46.3 Å². The maximum Gasteiger partial charge on any atom is 0.247 e. The number of hydrogen-bond donors (Lipinski definition) is 6. The number of carbonyl (C=O) groups is 4. The lowest BCUT2D eigenvalue weighted by molar-refractivity contribution is -0.139. The molecule has 0 radical (unpaired) electrons. The van der Waals surface area contributed by atoms with Gasteiger partial charge in [-0.3, -0.25) is 28.3 Å². The van der Waals surface area contributed by atoms with Crippen LogP contribution in [0.15, 0.2) is 59.1 Å². The molecule has 2 aromatic carbocycles. The predicted octanol–water partition coefficient (Wildman–Crippen LogP) is 7.54. The number of carbonyl (C=O) groups excluding carboxylic acids is 4. The zero-order valence-corrected chi connectivity index (χ0v) is 36.4. The van der Waals surface area contributed by atoms with Gasteiger partial charge in [0.1, 0.15) is 24.2 Å². The lowest BCUT2D eigenvalue weighted by Crippen LogP contribution is -2.45. The van der Waals surface area contributed by atoms with Crippen LogP contribution in [0.1, 0.15) is 136 Å². The first-order valence-electron chi connectivity index (χ1n) is 23.1. The Balaban J connectivity index is 0.699. The molecule has 4 amide bonds. The smallest absolute Gasteiger partial charge is 0.247 e. The number of aromatic nitrogens is 3. The molecule has 2 aliphatic heterocycles. The zero-order valence-electron chi connectivity index (χ0n) is 36.4. The van der Waals surface area contributed by atoms with Gasteiger partial charge in [-0.1, -0.05) is 0 Å². The molecule has 8 atom stereocenters. The van der Waals surface area contributed by atoms with Crippen molar-refractivity contribution in [1.82, 2.24) is 23.9 Å². The molecule has 4 aliphatic carbocycles. The summed E-state index contributed by atoms with van der Waals surface area (Å²) in [4.78, 5) is 62.4. The highest BCUT2D eigenvalue weighted by Gasteiger charge is 2.48. The average Bonchev–Trinajstić information content (AvgIpc) is 4.16. The summed E-state index contributed by atoms with van der Waals surface area (Å²) in [6.07, 6.45) is 9.65. The summed E-state index contributed by atoms with van der Waals surface area (Å²) >= 11 is 0. The molecule has 6 unspecified atom stereocenters. The molecule has 5 aromatic rings. The molecule has 3 aromatic heterocycles. The second-order valence-corrected chi connectivity index (χ2v) is 19.0. The molecule has 5 heterocycles. The topological polar surface area (TPSA) is 216 Å². The summed E-state index contributed by atoms with van der Waals surface area (Å²) in [6, 6.07) is 11.0. The summed E-state index contributed by atoms with van der Waals surface area (Å²) < 4.78 is 8.79. The van der Waals surface area contributed by atoms with Crippen LogP contribution in [0.3, 0.4) is 0 Å². The van der Waals surface area contributed by atoms with E-state index in [0.29, 0.717) is 67.4 Å². The molecule has 65 heavy (non-hydrogen) atoms. The molecule has 2 saturated carbocycles. The van der Waals surface area contributed by atoms with E-state index < -0.39 is 24.2 Å².